The van der Waals surface area contributed by atoms with Gasteiger partial charge in [-0.15, -0.1) is 0 Å². The van der Waals surface area contributed by atoms with Gasteiger partial charge < -0.3 is 5.32 Å². The average Bonchev–Trinajstić information content (AvgIpc) is 2.96. The van der Waals surface area contributed by atoms with E-state index in [4.69, 9.17) is 0 Å². The average molecular weight is 447 g/mol. The first kappa shape index (κ1) is 22.3. The highest BCUT2D eigenvalue weighted by molar-refractivity contribution is 7.92. The lowest BCUT2D eigenvalue weighted by atomic mass is 10.2. The zero-order valence-corrected chi connectivity index (χ0v) is 18.8. The van der Waals surface area contributed by atoms with Crippen molar-refractivity contribution in [1.29, 1.82) is 0 Å². The van der Waals surface area contributed by atoms with Crippen molar-refractivity contribution in [2.45, 2.75) is 18.7 Å². The molecule has 0 saturated heterocycles. The molecule has 28 heavy (non-hydrogen) atoms. The number of nitrogens with zero attached hydrogens (tertiary/aromatic N) is 3. The third-order valence-corrected chi connectivity index (χ3v) is 8.32. The van der Waals surface area contributed by atoms with Gasteiger partial charge in [0.1, 0.15) is 4.88 Å². The summed E-state index contributed by atoms with van der Waals surface area (Å²) in [7, 11) is -2.95. The van der Waals surface area contributed by atoms with E-state index in [1.165, 1.54) is 33.3 Å². The van der Waals surface area contributed by atoms with Crippen LogP contribution in [0.15, 0.2) is 23.1 Å². The van der Waals surface area contributed by atoms with Gasteiger partial charge in [-0.05, 0) is 31.5 Å². The molecular formula is C16H22N4O5S3. The second-order valence-corrected chi connectivity index (χ2v) is 11.5. The van der Waals surface area contributed by atoms with E-state index in [9.17, 15) is 21.6 Å². The number of hydrogen-bond donors (Lipinski definition) is 1. The lowest BCUT2D eigenvalue weighted by molar-refractivity contribution is 0.102. The van der Waals surface area contributed by atoms with Crippen molar-refractivity contribution in [2.24, 2.45) is 0 Å². The number of amides is 1. The zero-order chi connectivity index (χ0) is 21.4. The van der Waals surface area contributed by atoms with Crippen molar-refractivity contribution in [1.82, 2.24) is 9.29 Å². The Labute approximate surface area is 169 Å². The number of rotatable bonds is 6. The molecule has 9 nitrogen and oxygen atoms in total. The summed E-state index contributed by atoms with van der Waals surface area (Å²) in [5, 5.41) is 2.86. The standard InChI is InChI=1S/C16H22N4O5S3/c1-10-7-8-12(28(24,25)19(3)4)9-13(10)18-15(21)14-11(2)17-16(26-14)20(5)27(6,22)23/h7-9H,1-6H3,(H,18,21). The summed E-state index contributed by atoms with van der Waals surface area (Å²) in [6.07, 6.45) is 1.05. The summed E-state index contributed by atoms with van der Waals surface area (Å²) in [5.74, 6) is -0.495. The normalized spacial score (nSPS) is 12.2. The molecule has 0 unspecified atom stereocenters. The maximum Gasteiger partial charge on any atom is 0.267 e. The molecule has 0 spiro atoms. The second-order valence-electron chi connectivity index (χ2n) is 6.36. The van der Waals surface area contributed by atoms with Gasteiger partial charge in [0.2, 0.25) is 20.0 Å². The van der Waals surface area contributed by atoms with E-state index in [-0.39, 0.29) is 14.9 Å². The molecule has 0 fully saturated rings. The molecule has 1 N–H and O–H groups in total. The largest absolute Gasteiger partial charge is 0.321 e. The third-order valence-electron chi connectivity index (χ3n) is 3.99. The van der Waals surface area contributed by atoms with Crippen molar-refractivity contribution in [3.05, 3.63) is 34.3 Å². The van der Waals surface area contributed by atoms with Crippen LogP contribution in [-0.2, 0) is 20.0 Å². The first-order chi connectivity index (χ1) is 12.7. The Morgan fingerprint density at radius 2 is 1.71 bits per heavy atom. The minimum atomic E-state index is -3.65. The molecule has 0 saturated carbocycles. The van der Waals surface area contributed by atoms with Crippen molar-refractivity contribution in [2.75, 3.05) is 37.0 Å². The number of carbonyl (C=O) groups excluding carboxylic acids is 1. The Balaban J connectivity index is 2.37. The van der Waals surface area contributed by atoms with Crippen LogP contribution in [0.4, 0.5) is 10.8 Å². The van der Waals surface area contributed by atoms with E-state index < -0.39 is 26.0 Å². The number of nitrogens with one attached hydrogen (secondary N) is 1. The van der Waals surface area contributed by atoms with Crippen LogP contribution in [0.25, 0.3) is 0 Å². The Kier molecular flexibility index (Phi) is 6.19. The Morgan fingerprint density at radius 1 is 1.11 bits per heavy atom. The molecule has 2 aromatic rings. The third kappa shape index (κ3) is 4.51. The Bertz CT molecular complexity index is 1120. The van der Waals surface area contributed by atoms with Gasteiger partial charge in [0.25, 0.3) is 5.91 Å². The first-order valence-corrected chi connectivity index (χ1v) is 12.1. The van der Waals surface area contributed by atoms with Crippen LogP contribution in [-0.4, -0.2) is 59.4 Å². The van der Waals surface area contributed by atoms with Gasteiger partial charge in [-0.25, -0.2) is 30.4 Å². The first-order valence-electron chi connectivity index (χ1n) is 8.01. The van der Waals surface area contributed by atoms with Crippen LogP contribution in [0.1, 0.15) is 20.9 Å². The van der Waals surface area contributed by atoms with E-state index in [0.717, 1.165) is 26.2 Å². The molecule has 1 heterocycles. The van der Waals surface area contributed by atoms with Crippen molar-refractivity contribution < 1.29 is 21.6 Å². The van der Waals surface area contributed by atoms with Gasteiger partial charge in [0.15, 0.2) is 5.13 Å². The topological polar surface area (TPSA) is 117 Å². The van der Waals surface area contributed by atoms with Crippen LogP contribution in [0, 0.1) is 13.8 Å². The number of hydrogen-bond acceptors (Lipinski definition) is 7. The molecule has 1 aromatic carbocycles. The van der Waals surface area contributed by atoms with Gasteiger partial charge >= 0.3 is 0 Å². The summed E-state index contributed by atoms with van der Waals surface area (Å²) >= 11 is 0.939. The SMILES string of the molecule is Cc1ccc(S(=O)(=O)N(C)C)cc1NC(=O)c1sc(N(C)S(C)(=O)=O)nc1C. The van der Waals surface area contributed by atoms with Gasteiger partial charge in [-0.3, -0.25) is 4.79 Å². The van der Waals surface area contributed by atoms with Gasteiger partial charge in [-0.1, -0.05) is 17.4 Å². The summed E-state index contributed by atoms with van der Waals surface area (Å²) in [6, 6.07) is 4.47. The Hall–Kier alpha value is -2.02. The van der Waals surface area contributed by atoms with E-state index in [1.54, 1.807) is 19.9 Å². The molecular weight excluding hydrogens is 424 g/mol. The fourth-order valence-corrected chi connectivity index (χ4v) is 4.76. The maximum atomic E-state index is 12.7. The maximum absolute atomic E-state index is 12.7. The van der Waals surface area contributed by atoms with Crippen LogP contribution in [0.3, 0.4) is 0 Å². The molecule has 1 aromatic heterocycles. The number of aryl methyl sites for hydroxylation is 2. The Morgan fingerprint density at radius 3 is 2.25 bits per heavy atom. The quantitative estimate of drug-likeness (QED) is 0.721. The second kappa shape index (κ2) is 7.78. The minimum Gasteiger partial charge on any atom is -0.321 e. The van der Waals surface area contributed by atoms with Crippen molar-refractivity contribution >= 4 is 48.1 Å². The molecule has 0 aliphatic heterocycles. The number of thiazole rings is 1. The van der Waals surface area contributed by atoms with E-state index in [2.05, 4.69) is 10.3 Å². The summed E-state index contributed by atoms with van der Waals surface area (Å²) in [4.78, 5) is 17.1. The number of benzene rings is 1. The molecule has 0 aliphatic rings. The van der Waals surface area contributed by atoms with E-state index in [0.29, 0.717) is 16.9 Å². The molecule has 154 valence electrons. The predicted molar refractivity (Wildman–Crippen MR) is 110 cm³/mol. The van der Waals surface area contributed by atoms with E-state index in [1.807, 2.05) is 0 Å². The predicted octanol–water partition coefficient (Wildman–Crippen LogP) is 1.66. The summed E-state index contributed by atoms with van der Waals surface area (Å²) < 4.78 is 50.1. The van der Waals surface area contributed by atoms with Crippen molar-refractivity contribution in [3.8, 4) is 0 Å². The lowest BCUT2D eigenvalue weighted by Crippen LogP contribution is -2.24. The minimum absolute atomic E-state index is 0.0527. The van der Waals surface area contributed by atoms with Gasteiger partial charge in [0, 0.05) is 26.8 Å². The molecule has 0 bridgehead atoms. The van der Waals surface area contributed by atoms with Gasteiger partial charge in [0.05, 0.1) is 16.8 Å². The van der Waals surface area contributed by atoms with Crippen LogP contribution >= 0.6 is 11.3 Å². The van der Waals surface area contributed by atoms with Crippen LogP contribution < -0.4 is 9.62 Å². The molecule has 0 radical (unpaired) electrons. The fraction of sp³-hybridized carbons (Fsp3) is 0.375. The molecule has 0 atom stereocenters. The molecule has 2 rings (SSSR count). The summed E-state index contributed by atoms with van der Waals surface area (Å²) in [6.45, 7) is 3.34. The number of sulfonamides is 2. The van der Waals surface area contributed by atoms with E-state index >= 15 is 0 Å². The smallest absolute Gasteiger partial charge is 0.267 e. The molecule has 1 amide bonds. The zero-order valence-electron chi connectivity index (χ0n) is 16.3. The lowest BCUT2D eigenvalue weighted by Gasteiger charge is -2.14. The highest BCUT2D eigenvalue weighted by Gasteiger charge is 2.23. The highest BCUT2D eigenvalue weighted by atomic mass is 32.2. The monoisotopic (exact) mass is 446 g/mol. The van der Waals surface area contributed by atoms with Crippen LogP contribution in [0.5, 0.6) is 0 Å². The van der Waals surface area contributed by atoms with Crippen LogP contribution in [0.2, 0.25) is 0 Å². The fourth-order valence-electron chi connectivity index (χ4n) is 2.16. The van der Waals surface area contributed by atoms with Crippen molar-refractivity contribution in [3.63, 3.8) is 0 Å². The number of anilines is 2. The van der Waals surface area contributed by atoms with Gasteiger partial charge in [-0.2, -0.15) is 0 Å². The summed E-state index contributed by atoms with van der Waals surface area (Å²) in [5.41, 5.74) is 1.41. The molecule has 0 aliphatic carbocycles. The highest BCUT2D eigenvalue weighted by Crippen LogP contribution is 2.28. The number of aromatic nitrogens is 1. The number of carbonyl (C=O) groups is 1. The molecule has 12 heteroatoms.